The first-order valence-electron chi connectivity index (χ1n) is 3.68. The Morgan fingerprint density at radius 3 is 3.00 bits per heavy atom. The highest BCUT2D eigenvalue weighted by molar-refractivity contribution is 7.15. The number of carboxylic acid groups (broad SMARTS) is 1. The number of hydrogen-bond donors (Lipinski definition) is 2. The van der Waals surface area contributed by atoms with Gasteiger partial charge >= 0.3 is 5.97 Å². The molecule has 72 valence electrons. The van der Waals surface area contributed by atoms with Gasteiger partial charge in [0, 0.05) is 23.5 Å². The van der Waals surface area contributed by atoms with Crippen LogP contribution in [-0.2, 0) is 4.79 Å². The second-order valence-electron chi connectivity index (χ2n) is 2.55. The number of carboxylic acids is 1. The van der Waals surface area contributed by atoms with Crippen LogP contribution in [0, 0.1) is 0 Å². The zero-order chi connectivity index (χ0) is 9.84. The summed E-state index contributed by atoms with van der Waals surface area (Å²) in [5.41, 5.74) is 5.71. The van der Waals surface area contributed by atoms with Crippen LogP contribution in [0.4, 0.5) is 0 Å². The molecule has 0 radical (unpaired) electrons. The number of halogens is 1. The number of nitrogens with two attached hydrogens (primary N) is 1. The van der Waals surface area contributed by atoms with Crippen molar-refractivity contribution in [3.63, 3.8) is 0 Å². The van der Waals surface area contributed by atoms with Gasteiger partial charge in [0.05, 0.1) is 0 Å². The third-order valence-electron chi connectivity index (χ3n) is 1.53. The molecule has 13 heavy (non-hydrogen) atoms. The Morgan fingerprint density at radius 2 is 2.54 bits per heavy atom. The Kier molecular flexibility index (Phi) is 3.65. The molecule has 1 unspecified atom stereocenters. The number of thiazole rings is 1. The fourth-order valence-corrected chi connectivity index (χ4v) is 1.85. The summed E-state index contributed by atoms with van der Waals surface area (Å²) in [5, 5.41) is 8.42. The molecule has 1 rings (SSSR count). The molecular formula is C7H9ClN2O2S. The molecule has 0 aliphatic heterocycles. The highest BCUT2D eigenvalue weighted by atomic mass is 35.5. The van der Waals surface area contributed by atoms with Gasteiger partial charge in [0.25, 0.3) is 0 Å². The predicted octanol–water partition coefficient (Wildman–Crippen LogP) is 1.66. The molecule has 0 aliphatic carbocycles. The number of nitrogens with zero attached hydrogens (tertiary/aromatic N) is 1. The van der Waals surface area contributed by atoms with Crippen LogP contribution in [0.15, 0.2) is 6.20 Å². The first-order valence-corrected chi connectivity index (χ1v) is 4.87. The molecule has 1 heterocycles. The van der Waals surface area contributed by atoms with Gasteiger partial charge in [-0.25, -0.2) is 4.98 Å². The van der Waals surface area contributed by atoms with Gasteiger partial charge in [-0.3, -0.25) is 4.79 Å². The fraction of sp³-hybridized carbons (Fsp3) is 0.429. The summed E-state index contributed by atoms with van der Waals surface area (Å²) < 4.78 is 0.431. The molecule has 0 bridgehead atoms. The van der Waals surface area contributed by atoms with E-state index in [-0.39, 0.29) is 12.5 Å². The highest BCUT2D eigenvalue weighted by Gasteiger charge is 2.11. The third-order valence-corrected chi connectivity index (χ3v) is 2.78. The van der Waals surface area contributed by atoms with Crippen LogP contribution in [0.3, 0.4) is 0 Å². The summed E-state index contributed by atoms with van der Waals surface area (Å²) in [6.07, 6.45) is 2.06. The van der Waals surface area contributed by atoms with Gasteiger partial charge < -0.3 is 10.8 Å². The molecule has 0 amide bonds. The number of aromatic nitrogens is 1. The molecule has 0 saturated heterocycles. The van der Waals surface area contributed by atoms with E-state index in [1.54, 1.807) is 6.20 Å². The quantitative estimate of drug-likeness (QED) is 0.809. The van der Waals surface area contributed by atoms with E-state index >= 15 is 0 Å². The summed E-state index contributed by atoms with van der Waals surface area (Å²) in [6, 6.07) is -0.277. The third kappa shape index (κ3) is 3.30. The second kappa shape index (κ2) is 4.55. The van der Waals surface area contributed by atoms with Crippen molar-refractivity contribution < 1.29 is 9.90 Å². The van der Waals surface area contributed by atoms with E-state index in [2.05, 4.69) is 4.98 Å². The van der Waals surface area contributed by atoms with Gasteiger partial charge in [0.15, 0.2) is 4.47 Å². The standard InChI is InChI=1S/C7H9ClN2O2S/c8-7-10-3-5(13-7)4(9)1-2-6(11)12/h3-4H,1-2,9H2,(H,11,12). The minimum atomic E-state index is -0.842. The lowest BCUT2D eigenvalue weighted by Crippen LogP contribution is -2.10. The molecule has 0 aromatic carbocycles. The van der Waals surface area contributed by atoms with E-state index in [9.17, 15) is 4.79 Å². The predicted molar refractivity (Wildman–Crippen MR) is 50.9 cm³/mol. The maximum atomic E-state index is 10.2. The van der Waals surface area contributed by atoms with E-state index in [1.807, 2.05) is 0 Å². The maximum absolute atomic E-state index is 10.2. The first kappa shape index (κ1) is 10.4. The smallest absolute Gasteiger partial charge is 0.303 e. The van der Waals surface area contributed by atoms with Crippen molar-refractivity contribution >= 4 is 28.9 Å². The van der Waals surface area contributed by atoms with Gasteiger partial charge in [0.1, 0.15) is 0 Å². The molecule has 6 heteroatoms. The average Bonchev–Trinajstić information content (AvgIpc) is 2.47. The van der Waals surface area contributed by atoms with Crippen LogP contribution in [0.2, 0.25) is 4.47 Å². The van der Waals surface area contributed by atoms with E-state index in [0.29, 0.717) is 10.9 Å². The van der Waals surface area contributed by atoms with Gasteiger partial charge in [-0.05, 0) is 6.42 Å². The van der Waals surface area contributed by atoms with Gasteiger partial charge in [-0.15, -0.1) is 11.3 Å². The Bertz CT molecular complexity index is 302. The normalized spacial score (nSPS) is 12.8. The number of rotatable bonds is 4. The van der Waals surface area contributed by atoms with E-state index in [0.717, 1.165) is 4.88 Å². The van der Waals surface area contributed by atoms with Crippen molar-refractivity contribution in [1.29, 1.82) is 0 Å². The van der Waals surface area contributed by atoms with Crippen LogP contribution in [0.1, 0.15) is 23.8 Å². The number of carbonyl (C=O) groups is 1. The minimum absolute atomic E-state index is 0.0662. The van der Waals surface area contributed by atoms with E-state index in [1.165, 1.54) is 11.3 Å². The zero-order valence-electron chi connectivity index (χ0n) is 6.74. The summed E-state index contributed by atoms with van der Waals surface area (Å²) >= 11 is 6.89. The zero-order valence-corrected chi connectivity index (χ0v) is 8.31. The first-order chi connectivity index (χ1) is 6.09. The Labute approximate surface area is 84.4 Å². The molecule has 1 aromatic rings. The molecule has 3 N–H and O–H groups in total. The monoisotopic (exact) mass is 220 g/mol. The molecule has 0 fully saturated rings. The number of aliphatic carboxylic acids is 1. The van der Waals surface area contributed by atoms with Crippen LogP contribution >= 0.6 is 22.9 Å². The summed E-state index contributed by atoms with van der Waals surface area (Å²) in [7, 11) is 0. The second-order valence-corrected chi connectivity index (χ2v) is 4.20. The molecule has 0 saturated carbocycles. The van der Waals surface area contributed by atoms with Crippen LogP contribution in [-0.4, -0.2) is 16.1 Å². The molecule has 4 nitrogen and oxygen atoms in total. The molecule has 0 aliphatic rings. The van der Waals surface area contributed by atoms with Crippen molar-refractivity contribution in [3.05, 3.63) is 15.5 Å². The molecule has 1 atom stereocenters. The molecular weight excluding hydrogens is 212 g/mol. The lowest BCUT2D eigenvalue weighted by molar-refractivity contribution is -0.137. The largest absolute Gasteiger partial charge is 0.481 e. The van der Waals surface area contributed by atoms with Gasteiger partial charge in [0.2, 0.25) is 0 Å². The van der Waals surface area contributed by atoms with Crippen molar-refractivity contribution in [2.45, 2.75) is 18.9 Å². The Morgan fingerprint density at radius 1 is 1.85 bits per heavy atom. The van der Waals surface area contributed by atoms with Crippen molar-refractivity contribution in [2.75, 3.05) is 0 Å². The topological polar surface area (TPSA) is 76.2 Å². The minimum Gasteiger partial charge on any atom is -0.481 e. The summed E-state index contributed by atoms with van der Waals surface area (Å²) in [4.78, 5) is 14.9. The van der Waals surface area contributed by atoms with Crippen molar-refractivity contribution in [3.8, 4) is 0 Å². The number of hydrogen-bond acceptors (Lipinski definition) is 4. The van der Waals surface area contributed by atoms with Crippen LogP contribution in [0.5, 0.6) is 0 Å². The van der Waals surface area contributed by atoms with Gasteiger partial charge in [-0.1, -0.05) is 11.6 Å². The lowest BCUT2D eigenvalue weighted by atomic mass is 10.1. The van der Waals surface area contributed by atoms with Crippen LogP contribution < -0.4 is 5.73 Å². The molecule has 1 aromatic heterocycles. The Hall–Kier alpha value is -0.650. The van der Waals surface area contributed by atoms with Crippen molar-refractivity contribution in [2.24, 2.45) is 5.73 Å². The van der Waals surface area contributed by atoms with E-state index in [4.69, 9.17) is 22.4 Å². The van der Waals surface area contributed by atoms with Gasteiger partial charge in [-0.2, -0.15) is 0 Å². The molecule has 0 spiro atoms. The lowest BCUT2D eigenvalue weighted by Gasteiger charge is -2.05. The van der Waals surface area contributed by atoms with E-state index < -0.39 is 5.97 Å². The summed E-state index contributed by atoms with van der Waals surface area (Å²) in [6.45, 7) is 0. The van der Waals surface area contributed by atoms with Crippen molar-refractivity contribution in [1.82, 2.24) is 4.98 Å². The maximum Gasteiger partial charge on any atom is 0.303 e. The van der Waals surface area contributed by atoms with Crippen LogP contribution in [0.25, 0.3) is 0 Å². The average molecular weight is 221 g/mol. The Balaban J connectivity index is 2.48. The fourth-order valence-electron chi connectivity index (χ4n) is 0.857. The highest BCUT2D eigenvalue weighted by Crippen LogP contribution is 2.25. The SMILES string of the molecule is NC(CCC(=O)O)c1cnc(Cl)s1. The summed E-state index contributed by atoms with van der Waals surface area (Å²) in [5.74, 6) is -0.842.